The van der Waals surface area contributed by atoms with Crippen molar-refractivity contribution in [1.29, 1.82) is 0 Å². The average molecular weight is 244 g/mol. The number of hydrogen-bond acceptors (Lipinski definition) is 3. The lowest BCUT2D eigenvalue weighted by molar-refractivity contribution is 0.683. The molecule has 0 unspecified atom stereocenters. The van der Waals surface area contributed by atoms with Gasteiger partial charge in [0.2, 0.25) is 5.95 Å². The van der Waals surface area contributed by atoms with E-state index in [-0.39, 0.29) is 0 Å². The Hall–Kier alpha value is -1.84. The maximum Gasteiger partial charge on any atom is 0.207 e. The number of imidazole rings is 1. The highest BCUT2D eigenvalue weighted by molar-refractivity contribution is 5.46. The predicted molar refractivity (Wildman–Crippen MR) is 74.2 cm³/mol. The molecule has 0 amide bonds. The van der Waals surface area contributed by atoms with Crippen LogP contribution >= 0.6 is 0 Å². The smallest absolute Gasteiger partial charge is 0.207 e. The minimum Gasteiger partial charge on any atom is -0.355 e. The molecule has 4 nitrogen and oxygen atoms in total. The van der Waals surface area contributed by atoms with Gasteiger partial charge < -0.3 is 5.32 Å². The molecule has 0 aliphatic rings. The van der Waals surface area contributed by atoms with Crippen molar-refractivity contribution in [2.75, 3.05) is 11.9 Å². The Kier molecular flexibility index (Phi) is 3.65. The molecular weight excluding hydrogens is 224 g/mol. The minimum absolute atomic E-state index is 0.588. The minimum atomic E-state index is 0.588. The maximum atomic E-state index is 4.52. The third kappa shape index (κ3) is 2.70. The second-order valence-corrected chi connectivity index (χ2v) is 5.01. The molecule has 2 aromatic heterocycles. The van der Waals surface area contributed by atoms with Gasteiger partial charge in [0.25, 0.3) is 0 Å². The largest absolute Gasteiger partial charge is 0.355 e. The quantitative estimate of drug-likeness (QED) is 0.899. The van der Waals surface area contributed by atoms with E-state index in [1.165, 1.54) is 5.56 Å². The fraction of sp³-hybridized carbons (Fsp3) is 0.429. The zero-order valence-corrected chi connectivity index (χ0v) is 11.4. The van der Waals surface area contributed by atoms with Gasteiger partial charge in [0.05, 0.1) is 17.6 Å². The SMILES string of the molecule is Cc1cn(-c2cnccc2C)c(NCC(C)C)n1. The fourth-order valence-electron chi connectivity index (χ4n) is 1.81. The molecule has 0 fully saturated rings. The van der Waals surface area contributed by atoms with Gasteiger partial charge in [-0.15, -0.1) is 0 Å². The number of nitrogens with zero attached hydrogens (tertiary/aromatic N) is 3. The first-order chi connectivity index (χ1) is 8.58. The van der Waals surface area contributed by atoms with Crippen molar-refractivity contribution in [3.8, 4) is 5.69 Å². The molecule has 96 valence electrons. The second kappa shape index (κ2) is 5.21. The number of hydrogen-bond donors (Lipinski definition) is 1. The van der Waals surface area contributed by atoms with Crippen LogP contribution in [0, 0.1) is 19.8 Å². The van der Waals surface area contributed by atoms with Crippen LogP contribution in [0.2, 0.25) is 0 Å². The van der Waals surface area contributed by atoms with E-state index in [0.29, 0.717) is 5.92 Å². The van der Waals surface area contributed by atoms with E-state index in [0.717, 1.165) is 23.9 Å². The Morgan fingerprint density at radius 2 is 2.11 bits per heavy atom. The Labute approximate surface area is 108 Å². The summed E-state index contributed by atoms with van der Waals surface area (Å²) in [5, 5.41) is 3.38. The highest BCUT2D eigenvalue weighted by atomic mass is 15.2. The molecular formula is C14H20N4. The van der Waals surface area contributed by atoms with Crippen LogP contribution in [0.25, 0.3) is 5.69 Å². The van der Waals surface area contributed by atoms with E-state index >= 15 is 0 Å². The Balaban J connectivity index is 2.36. The van der Waals surface area contributed by atoms with Crippen LogP contribution in [-0.2, 0) is 0 Å². The zero-order chi connectivity index (χ0) is 13.1. The van der Waals surface area contributed by atoms with Gasteiger partial charge in [0.1, 0.15) is 0 Å². The average Bonchev–Trinajstić information content (AvgIpc) is 2.68. The van der Waals surface area contributed by atoms with Crippen LogP contribution in [0.15, 0.2) is 24.7 Å². The predicted octanol–water partition coefficient (Wildman–Crippen LogP) is 2.95. The van der Waals surface area contributed by atoms with Gasteiger partial charge in [-0.3, -0.25) is 9.55 Å². The number of pyridine rings is 1. The van der Waals surface area contributed by atoms with Crippen molar-refractivity contribution in [3.05, 3.63) is 35.9 Å². The molecule has 2 aromatic rings. The van der Waals surface area contributed by atoms with Crippen molar-refractivity contribution < 1.29 is 0 Å². The lowest BCUT2D eigenvalue weighted by Gasteiger charge is -2.12. The molecule has 0 aliphatic heterocycles. The van der Waals surface area contributed by atoms with Gasteiger partial charge in [0.15, 0.2) is 0 Å². The Morgan fingerprint density at radius 3 is 2.78 bits per heavy atom. The van der Waals surface area contributed by atoms with E-state index in [2.05, 4.69) is 40.6 Å². The van der Waals surface area contributed by atoms with Crippen molar-refractivity contribution in [2.45, 2.75) is 27.7 Å². The van der Waals surface area contributed by atoms with Crippen molar-refractivity contribution in [1.82, 2.24) is 14.5 Å². The first kappa shape index (κ1) is 12.6. The first-order valence-corrected chi connectivity index (χ1v) is 6.28. The molecule has 0 saturated heterocycles. The molecule has 1 N–H and O–H groups in total. The van der Waals surface area contributed by atoms with Crippen LogP contribution in [0.5, 0.6) is 0 Å². The number of nitrogens with one attached hydrogen (secondary N) is 1. The standard InChI is InChI=1S/C14H20N4/c1-10(2)7-16-14-17-12(4)9-18(14)13-8-15-6-5-11(13)3/h5-6,8-10H,7H2,1-4H3,(H,16,17). The summed E-state index contributed by atoms with van der Waals surface area (Å²) >= 11 is 0. The summed E-state index contributed by atoms with van der Waals surface area (Å²) in [6.45, 7) is 9.36. The van der Waals surface area contributed by atoms with E-state index in [1.54, 1.807) is 0 Å². The monoisotopic (exact) mass is 244 g/mol. The molecule has 0 saturated carbocycles. The van der Waals surface area contributed by atoms with Crippen LogP contribution in [-0.4, -0.2) is 21.1 Å². The summed E-state index contributed by atoms with van der Waals surface area (Å²) in [6, 6.07) is 2.01. The van der Waals surface area contributed by atoms with Crippen LogP contribution in [0.1, 0.15) is 25.1 Å². The van der Waals surface area contributed by atoms with Crippen molar-refractivity contribution in [3.63, 3.8) is 0 Å². The van der Waals surface area contributed by atoms with Crippen molar-refractivity contribution >= 4 is 5.95 Å². The molecule has 0 bridgehead atoms. The molecule has 0 spiro atoms. The van der Waals surface area contributed by atoms with Gasteiger partial charge in [-0.1, -0.05) is 13.8 Å². The molecule has 0 aliphatic carbocycles. The summed E-state index contributed by atoms with van der Waals surface area (Å²) in [4.78, 5) is 8.72. The topological polar surface area (TPSA) is 42.7 Å². The van der Waals surface area contributed by atoms with E-state index in [1.807, 2.05) is 31.6 Å². The van der Waals surface area contributed by atoms with Gasteiger partial charge in [-0.05, 0) is 31.4 Å². The van der Waals surface area contributed by atoms with Crippen molar-refractivity contribution in [2.24, 2.45) is 5.92 Å². The van der Waals surface area contributed by atoms with Gasteiger partial charge in [0, 0.05) is 18.9 Å². The lowest BCUT2D eigenvalue weighted by atomic mass is 10.2. The van der Waals surface area contributed by atoms with Crippen LogP contribution < -0.4 is 5.32 Å². The molecule has 2 heterocycles. The number of aryl methyl sites for hydroxylation is 2. The summed E-state index contributed by atoms with van der Waals surface area (Å²) in [5.41, 5.74) is 3.27. The van der Waals surface area contributed by atoms with E-state index in [4.69, 9.17) is 0 Å². The summed E-state index contributed by atoms with van der Waals surface area (Å²) in [5.74, 6) is 1.47. The molecule has 0 aromatic carbocycles. The molecule has 0 atom stereocenters. The summed E-state index contributed by atoms with van der Waals surface area (Å²) in [7, 11) is 0. The Bertz CT molecular complexity index is 528. The maximum absolute atomic E-state index is 4.52. The molecule has 0 radical (unpaired) electrons. The van der Waals surface area contributed by atoms with Crippen LogP contribution in [0.4, 0.5) is 5.95 Å². The highest BCUT2D eigenvalue weighted by Gasteiger charge is 2.09. The third-order valence-corrected chi connectivity index (χ3v) is 2.77. The fourth-order valence-corrected chi connectivity index (χ4v) is 1.81. The van der Waals surface area contributed by atoms with E-state index in [9.17, 15) is 0 Å². The van der Waals surface area contributed by atoms with Gasteiger partial charge in [-0.25, -0.2) is 4.98 Å². The zero-order valence-electron chi connectivity index (χ0n) is 11.4. The first-order valence-electron chi connectivity index (χ1n) is 6.28. The lowest BCUT2D eigenvalue weighted by Crippen LogP contribution is -2.12. The second-order valence-electron chi connectivity index (χ2n) is 5.01. The molecule has 4 heteroatoms. The molecule has 18 heavy (non-hydrogen) atoms. The molecule has 2 rings (SSSR count). The number of rotatable bonds is 4. The normalized spacial score (nSPS) is 10.9. The van der Waals surface area contributed by atoms with Crippen LogP contribution in [0.3, 0.4) is 0 Å². The number of anilines is 1. The summed E-state index contributed by atoms with van der Waals surface area (Å²) in [6.07, 6.45) is 5.72. The Morgan fingerprint density at radius 1 is 1.33 bits per heavy atom. The number of aromatic nitrogens is 3. The van der Waals surface area contributed by atoms with E-state index < -0.39 is 0 Å². The highest BCUT2D eigenvalue weighted by Crippen LogP contribution is 2.19. The summed E-state index contributed by atoms with van der Waals surface area (Å²) < 4.78 is 2.07. The third-order valence-electron chi connectivity index (χ3n) is 2.77. The van der Waals surface area contributed by atoms with Gasteiger partial charge in [-0.2, -0.15) is 0 Å². The van der Waals surface area contributed by atoms with Gasteiger partial charge >= 0.3 is 0 Å².